The third-order valence-corrected chi connectivity index (χ3v) is 6.47. The highest BCUT2D eigenvalue weighted by atomic mass is 35.5. The molecule has 7 heteroatoms. The van der Waals surface area contributed by atoms with E-state index in [0.717, 1.165) is 12.8 Å². The molecule has 33 heavy (non-hydrogen) atoms. The summed E-state index contributed by atoms with van der Waals surface area (Å²) in [5.41, 5.74) is 2.33. The van der Waals surface area contributed by atoms with Gasteiger partial charge in [0, 0.05) is 11.1 Å². The van der Waals surface area contributed by atoms with E-state index in [-0.39, 0.29) is 23.3 Å². The van der Waals surface area contributed by atoms with E-state index in [2.05, 4.69) is 22.4 Å². The van der Waals surface area contributed by atoms with Crippen molar-refractivity contribution >= 4 is 40.2 Å². The third-order valence-electron chi connectivity index (χ3n) is 5.28. The predicted molar refractivity (Wildman–Crippen MR) is 135 cm³/mol. The molecule has 0 unspecified atom stereocenters. The molecule has 0 aliphatic carbocycles. The second kappa shape index (κ2) is 10.7. The van der Waals surface area contributed by atoms with E-state index in [9.17, 15) is 9.59 Å². The minimum atomic E-state index is -0.179. The molecule has 0 saturated carbocycles. The Bertz CT molecular complexity index is 1310. The molecule has 1 aromatic heterocycles. The number of nitrogens with one attached hydrogen (secondary N) is 1. The van der Waals surface area contributed by atoms with Crippen LogP contribution in [0.4, 0.5) is 0 Å². The van der Waals surface area contributed by atoms with Crippen LogP contribution in [0, 0.1) is 0 Å². The summed E-state index contributed by atoms with van der Waals surface area (Å²) in [5.74, 6) is 0.0687. The smallest absolute Gasteiger partial charge is 0.266 e. The van der Waals surface area contributed by atoms with Crippen LogP contribution in [-0.2, 0) is 11.2 Å². The van der Waals surface area contributed by atoms with Crippen molar-refractivity contribution in [3.8, 4) is 5.69 Å². The zero-order valence-electron chi connectivity index (χ0n) is 18.2. The second-order valence-electron chi connectivity index (χ2n) is 7.81. The summed E-state index contributed by atoms with van der Waals surface area (Å²) in [4.78, 5) is 30.5. The molecule has 3 aromatic carbocycles. The normalized spacial score (nSPS) is 11.9. The van der Waals surface area contributed by atoms with E-state index in [1.165, 1.54) is 21.9 Å². The minimum absolute atomic E-state index is 0.0429. The number of aryl methyl sites for hydroxylation is 1. The summed E-state index contributed by atoms with van der Waals surface area (Å²) in [7, 11) is 0. The maximum Gasteiger partial charge on any atom is 0.266 e. The van der Waals surface area contributed by atoms with Gasteiger partial charge in [-0.1, -0.05) is 65.8 Å². The number of amides is 1. The molecule has 0 aliphatic heterocycles. The SMILES string of the molecule is C[C@@H](CCc1ccccc1)NC(=O)CSc1nc2ccccc2c(=O)n1-c1ccc(Cl)cc1. The Balaban J connectivity index is 1.49. The number of hydrogen-bond acceptors (Lipinski definition) is 4. The van der Waals surface area contributed by atoms with Crippen molar-refractivity contribution in [2.75, 3.05) is 5.75 Å². The van der Waals surface area contributed by atoms with Gasteiger partial charge in [-0.2, -0.15) is 0 Å². The molecule has 0 aliphatic rings. The van der Waals surface area contributed by atoms with Crippen LogP contribution in [0.15, 0.2) is 88.8 Å². The fourth-order valence-electron chi connectivity index (χ4n) is 3.57. The Hall–Kier alpha value is -3.09. The van der Waals surface area contributed by atoms with Crippen LogP contribution in [0.2, 0.25) is 5.02 Å². The van der Waals surface area contributed by atoms with Crippen molar-refractivity contribution in [1.29, 1.82) is 0 Å². The molecule has 0 saturated heterocycles. The monoisotopic (exact) mass is 477 g/mol. The van der Waals surface area contributed by atoms with Crippen molar-refractivity contribution in [2.24, 2.45) is 0 Å². The van der Waals surface area contributed by atoms with Gasteiger partial charge in [0.2, 0.25) is 5.91 Å². The predicted octanol–water partition coefficient (Wildman–Crippen LogP) is 5.27. The molecule has 1 amide bonds. The van der Waals surface area contributed by atoms with Crippen LogP contribution in [0.25, 0.3) is 16.6 Å². The summed E-state index contributed by atoms with van der Waals surface area (Å²) < 4.78 is 1.54. The van der Waals surface area contributed by atoms with Gasteiger partial charge in [0.25, 0.3) is 5.56 Å². The van der Waals surface area contributed by atoms with E-state index >= 15 is 0 Å². The van der Waals surface area contributed by atoms with Gasteiger partial charge >= 0.3 is 0 Å². The molecule has 0 bridgehead atoms. The van der Waals surface area contributed by atoms with Crippen molar-refractivity contribution in [3.63, 3.8) is 0 Å². The summed E-state index contributed by atoms with van der Waals surface area (Å²) in [6.45, 7) is 2.00. The largest absolute Gasteiger partial charge is 0.353 e. The lowest BCUT2D eigenvalue weighted by Gasteiger charge is -2.15. The number of carbonyl (C=O) groups is 1. The van der Waals surface area contributed by atoms with Crippen LogP contribution in [0.1, 0.15) is 18.9 Å². The Labute approximate surface area is 201 Å². The fraction of sp³-hybridized carbons (Fsp3) is 0.192. The molecule has 1 N–H and O–H groups in total. The van der Waals surface area contributed by atoms with Gasteiger partial charge in [0.15, 0.2) is 5.16 Å². The highest BCUT2D eigenvalue weighted by molar-refractivity contribution is 7.99. The van der Waals surface area contributed by atoms with Gasteiger partial charge in [-0.05, 0) is 61.7 Å². The summed E-state index contributed by atoms with van der Waals surface area (Å²) >= 11 is 7.27. The second-order valence-corrected chi connectivity index (χ2v) is 9.19. The van der Waals surface area contributed by atoms with E-state index in [1.807, 2.05) is 37.3 Å². The minimum Gasteiger partial charge on any atom is -0.353 e. The lowest BCUT2D eigenvalue weighted by atomic mass is 10.1. The fourth-order valence-corrected chi connectivity index (χ4v) is 4.52. The number of halogens is 1. The lowest BCUT2D eigenvalue weighted by molar-refractivity contribution is -0.119. The Morgan fingerprint density at radius 2 is 1.73 bits per heavy atom. The van der Waals surface area contributed by atoms with Gasteiger partial charge < -0.3 is 5.32 Å². The molecule has 1 heterocycles. The zero-order valence-corrected chi connectivity index (χ0v) is 19.8. The molecule has 4 rings (SSSR count). The van der Waals surface area contributed by atoms with E-state index in [4.69, 9.17) is 11.6 Å². The molecular weight excluding hydrogens is 454 g/mol. The Kier molecular flexibility index (Phi) is 7.47. The Morgan fingerprint density at radius 1 is 1.03 bits per heavy atom. The number of carbonyl (C=O) groups excluding carboxylic acids is 1. The van der Waals surface area contributed by atoms with Crippen LogP contribution in [0.3, 0.4) is 0 Å². The first-order valence-corrected chi connectivity index (χ1v) is 12.1. The van der Waals surface area contributed by atoms with Crippen molar-refractivity contribution in [2.45, 2.75) is 31.0 Å². The van der Waals surface area contributed by atoms with E-state index < -0.39 is 0 Å². The van der Waals surface area contributed by atoms with Gasteiger partial charge in [0.05, 0.1) is 22.3 Å². The number of aromatic nitrogens is 2. The first-order chi connectivity index (χ1) is 16.0. The van der Waals surface area contributed by atoms with Crippen molar-refractivity contribution in [3.05, 3.63) is 99.8 Å². The molecule has 168 valence electrons. The number of hydrogen-bond donors (Lipinski definition) is 1. The zero-order chi connectivity index (χ0) is 23.2. The molecule has 0 radical (unpaired) electrons. The highest BCUT2D eigenvalue weighted by Gasteiger charge is 2.15. The van der Waals surface area contributed by atoms with E-state index in [1.54, 1.807) is 36.4 Å². The number of rotatable bonds is 8. The first kappa shape index (κ1) is 23.1. The maximum atomic E-state index is 13.3. The van der Waals surface area contributed by atoms with Crippen LogP contribution < -0.4 is 10.9 Å². The molecule has 4 aromatic rings. The van der Waals surface area contributed by atoms with Gasteiger partial charge in [-0.3, -0.25) is 14.2 Å². The maximum absolute atomic E-state index is 13.3. The molecule has 1 atom stereocenters. The summed E-state index contributed by atoms with van der Waals surface area (Å²) in [6, 6.07) is 24.5. The Morgan fingerprint density at radius 3 is 2.48 bits per heavy atom. The number of nitrogens with zero attached hydrogens (tertiary/aromatic N) is 2. The molecule has 0 fully saturated rings. The number of benzene rings is 3. The van der Waals surface area contributed by atoms with Crippen LogP contribution in [0.5, 0.6) is 0 Å². The average Bonchev–Trinajstić information content (AvgIpc) is 2.83. The molecule has 0 spiro atoms. The third kappa shape index (κ3) is 5.83. The average molecular weight is 478 g/mol. The number of fused-ring (bicyclic) bond motifs is 1. The first-order valence-electron chi connectivity index (χ1n) is 10.7. The number of thioether (sulfide) groups is 1. The molecule has 5 nitrogen and oxygen atoms in total. The van der Waals surface area contributed by atoms with Crippen LogP contribution in [-0.4, -0.2) is 27.3 Å². The quantitative estimate of drug-likeness (QED) is 0.277. The topological polar surface area (TPSA) is 64.0 Å². The summed E-state index contributed by atoms with van der Waals surface area (Å²) in [5, 5.41) is 4.62. The lowest BCUT2D eigenvalue weighted by Crippen LogP contribution is -2.34. The number of para-hydroxylation sites is 1. The van der Waals surface area contributed by atoms with Crippen molar-refractivity contribution in [1.82, 2.24) is 14.9 Å². The van der Waals surface area contributed by atoms with Gasteiger partial charge in [-0.15, -0.1) is 0 Å². The highest BCUT2D eigenvalue weighted by Crippen LogP contribution is 2.22. The molecular formula is C26H24ClN3O2S. The van der Waals surface area contributed by atoms with Crippen LogP contribution >= 0.6 is 23.4 Å². The standard InChI is InChI=1S/C26H24ClN3O2S/c1-18(11-12-19-7-3-2-4-8-19)28-24(31)17-33-26-29-23-10-6-5-9-22(23)25(32)30(26)21-15-13-20(27)14-16-21/h2-10,13-16,18H,11-12,17H2,1H3,(H,28,31)/t18-/m0/s1. The van der Waals surface area contributed by atoms with Gasteiger partial charge in [-0.25, -0.2) is 4.98 Å². The summed E-state index contributed by atoms with van der Waals surface area (Å²) in [6.07, 6.45) is 1.75. The van der Waals surface area contributed by atoms with E-state index in [0.29, 0.717) is 26.8 Å². The van der Waals surface area contributed by atoms with Gasteiger partial charge in [0.1, 0.15) is 0 Å². The van der Waals surface area contributed by atoms with Crippen molar-refractivity contribution < 1.29 is 4.79 Å².